The molecule has 0 saturated carbocycles. The number of anilines is 1. The summed E-state index contributed by atoms with van der Waals surface area (Å²) in [5.74, 6) is -1.14. The van der Waals surface area contributed by atoms with Gasteiger partial charge in [0, 0.05) is 23.2 Å². The number of benzene rings is 3. The van der Waals surface area contributed by atoms with Crippen molar-refractivity contribution in [1.29, 1.82) is 0 Å². The molecule has 0 spiro atoms. The van der Waals surface area contributed by atoms with Gasteiger partial charge in [0.25, 0.3) is 10.0 Å². The molecule has 0 aliphatic heterocycles. The Labute approximate surface area is 246 Å². The molecule has 220 valence electrons. The highest BCUT2D eigenvalue weighted by atomic mass is 35.5. The van der Waals surface area contributed by atoms with Crippen molar-refractivity contribution in [3.63, 3.8) is 0 Å². The van der Waals surface area contributed by atoms with E-state index < -0.39 is 40.2 Å². The van der Waals surface area contributed by atoms with E-state index in [0.717, 1.165) is 4.31 Å². The van der Waals surface area contributed by atoms with Crippen LogP contribution in [0, 0.1) is 5.82 Å². The molecule has 11 heteroatoms. The van der Waals surface area contributed by atoms with Crippen molar-refractivity contribution < 1.29 is 27.1 Å². The number of sulfonamides is 1. The molecule has 0 radical (unpaired) electrons. The van der Waals surface area contributed by atoms with Gasteiger partial charge in [0.1, 0.15) is 24.2 Å². The molecule has 3 aromatic carbocycles. The number of hydrogen-bond acceptors (Lipinski definition) is 5. The fraction of sp³-hybridized carbons (Fsp3) is 0.333. The van der Waals surface area contributed by atoms with Crippen molar-refractivity contribution in [2.24, 2.45) is 0 Å². The maximum absolute atomic E-state index is 14.6. The van der Waals surface area contributed by atoms with Crippen LogP contribution in [0.25, 0.3) is 0 Å². The molecule has 3 aromatic rings. The minimum Gasteiger partial charge on any atom is -0.494 e. The second-order valence-corrected chi connectivity index (χ2v) is 11.8. The zero-order valence-corrected chi connectivity index (χ0v) is 25.1. The van der Waals surface area contributed by atoms with E-state index in [1.165, 1.54) is 66.4 Å². The fourth-order valence-electron chi connectivity index (χ4n) is 4.00. The van der Waals surface area contributed by atoms with E-state index in [0.29, 0.717) is 23.8 Å². The number of ether oxygens (including phenoxy) is 1. The van der Waals surface area contributed by atoms with Gasteiger partial charge in [-0.1, -0.05) is 36.7 Å². The Kier molecular flexibility index (Phi) is 11.1. The average Bonchev–Trinajstić information content (AvgIpc) is 2.95. The quantitative estimate of drug-likeness (QED) is 0.282. The third-order valence-corrected chi connectivity index (χ3v) is 8.62. The van der Waals surface area contributed by atoms with Gasteiger partial charge in [-0.2, -0.15) is 0 Å². The lowest BCUT2D eigenvalue weighted by Gasteiger charge is -2.32. The van der Waals surface area contributed by atoms with E-state index in [-0.39, 0.29) is 28.7 Å². The Morgan fingerprint density at radius 1 is 0.976 bits per heavy atom. The third kappa shape index (κ3) is 8.20. The molecule has 0 heterocycles. The molecule has 0 fully saturated rings. The second-order valence-electron chi connectivity index (χ2n) is 9.50. The van der Waals surface area contributed by atoms with Crippen molar-refractivity contribution in [3.8, 4) is 5.75 Å². The van der Waals surface area contributed by atoms with E-state index >= 15 is 0 Å². The first-order valence-corrected chi connectivity index (χ1v) is 15.1. The van der Waals surface area contributed by atoms with Gasteiger partial charge in [-0.25, -0.2) is 12.8 Å². The number of nitrogens with one attached hydrogen (secondary N) is 1. The summed E-state index contributed by atoms with van der Waals surface area (Å²) in [6, 6.07) is 16.6. The highest BCUT2D eigenvalue weighted by Crippen LogP contribution is 2.27. The van der Waals surface area contributed by atoms with Gasteiger partial charge in [0.15, 0.2) is 0 Å². The van der Waals surface area contributed by atoms with Crippen molar-refractivity contribution in [3.05, 3.63) is 89.2 Å². The van der Waals surface area contributed by atoms with Gasteiger partial charge in [-0.05, 0) is 81.8 Å². The predicted molar refractivity (Wildman–Crippen MR) is 158 cm³/mol. The van der Waals surface area contributed by atoms with Crippen molar-refractivity contribution in [2.45, 2.75) is 57.6 Å². The first-order chi connectivity index (χ1) is 19.5. The van der Waals surface area contributed by atoms with Gasteiger partial charge in [-0.15, -0.1) is 0 Å². The summed E-state index contributed by atoms with van der Waals surface area (Å²) < 4.78 is 48.8. The Balaban J connectivity index is 2.04. The standard InChI is InChI=1S/C30H35ClFN3O5S/c1-5-21(3)33-30(37)22(4)34(19-23-9-7-8-10-28(23)32)29(36)20-35(25-13-15-26(16-14-25)40-6-2)41(38,39)27-17-11-24(31)12-18-27/h7-18,21-22H,5-6,19-20H2,1-4H3,(H,33,37)/t21-,22-/m1/s1. The van der Waals surface area contributed by atoms with Crippen LogP contribution in [0.15, 0.2) is 77.7 Å². The zero-order chi connectivity index (χ0) is 30.2. The lowest BCUT2D eigenvalue weighted by Crippen LogP contribution is -2.52. The Bertz CT molecular complexity index is 1440. The summed E-state index contributed by atoms with van der Waals surface area (Å²) in [7, 11) is -4.26. The maximum atomic E-state index is 14.6. The maximum Gasteiger partial charge on any atom is 0.264 e. The SMILES string of the molecule is CCOc1ccc(N(CC(=O)N(Cc2ccccc2F)[C@H](C)C(=O)N[C@H](C)CC)S(=O)(=O)c2ccc(Cl)cc2)cc1. The van der Waals surface area contributed by atoms with Crippen molar-refractivity contribution in [1.82, 2.24) is 10.2 Å². The zero-order valence-electron chi connectivity index (χ0n) is 23.5. The van der Waals surface area contributed by atoms with E-state index in [1.54, 1.807) is 18.2 Å². The molecule has 0 bridgehead atoms. The molecule has 1 N–H and O–H groups in total. The highest BCUT2D eigenvalue weighted by molar-refractivity contribution is 7.92. The number of nitrogens with zero attached hydrogens (tertiary/aromatic N) is 2. The molecule has 41 heavy (non-hydrogen) atoms. The van der Waals surface area contributed by atoms with E-state index in [4.69, 9.17) is 16.3 Å². The molecule has 8 nitrogen and oxygen atoms in total. The van der Waals surface area contributed by atoms with Crippen LogP contribution in [0.2, 0.25) is 5.02 Å². The minimum absolute atomic E-state index is 0.0770. The van der Waals surface area contributed by atoms with Gasteiger partial charge in [0.2, 0.25) is 11.8 Å². The van der Waals surface area contributed by atoms with Crippen LogP contribution < -0.4 is 14.4 Å². The van der Waals surface area contributed by atoms with Gasteiger partial charge < -0.3 is 15.0 Å². The first-order valence-electron chi connectivity index (χ1n) is 13.3. The van der Waals surface area contributed by atoms with E-state index in [1.807, 2.05) is 20.8 Å². The molecule has 0 aliphatic rings. The van der Waals surface area contributed by atoms with Crippen LogP contribution in [0.3, 0.4) is 0 Å². The largest absolute Gasteiger partial charge is 0.494 e. The average molecular weight is 604 g/mol. The van der Waals surface area contributed by atoms with Crippen molar-refractivity contribution in [2.75, 3.05) is 17.5 Å². The minimum atomic E-state index is -4.26. The summed E-state index contributed by atoms with van der Waals surface area (Å²) in [6.07, 6.45) is 0.671. The molecule has 3 rings (SSSR count). The molecular weight excluding hydrogens is 569 g/mol. The third-order valence-electron chi connectivity index (χ3n) is 6.58. The van der Waals surface area contributed by atoms with Crippen molar-refractivity contribution >= 4 is 39.1 Å². The normalized spacial score (nSPS) is 12.7. The number of amides is 2. The molecule has 0 saturated heterocycles. The Hall–Kier alpha value is -3.63. The van der Waals surface area contributed by atoms with Crippen LogP contribution in [0.4, 0.5) is 10.1 Å². The lowest BCUT2D eigenvalue weighted by molar-refractivity contribution is -0.139. The number of carbonyl (C=O) groups excluding carboxylic acids is 2. The van der Waals surface area contributed by atoms with Crippen LogP contribution in [-0.2, 0) is 26.2 Å². The summed E-state index contributed by atoms with van der Waals surface area (Å²) in [4.78, 5) is 28.1. The second kappa shape index (κ2) is 14.3. The molecular formula is C30H35ClFN3O5S. The summed E-state index contributed by atoms with van der Waals surface area (Å²) in [5.41, 5.74) is 0.400. The fourth-order valence-corrected chi connectivity index (χ4v) is 5.54. The van der Waals surface area contributed by atoms with Gasteiger partial charge in [0.05, 0.1) is 17.2 Å². The van der Waals surface area contributed by atoms with Crippen LogP contribution in [-0.4, -0.2) is 50.4 Å². The highest BCUT2D eigenvalue weighted by Gasteiger charge is 2.33. The topological polar surface area (TPSA) is 96.0 Å². The van der Waals surface area contributed by atoms with Crippen LogP contribution >= 0.6 is 11.6 Å². The summed E-state index contributed by atoms with van der Waals surface area (Å²) in [6.45, 7) is 6.64. The smallest absolute Gasteiger partial charge is 0.264 e. The number of rotatable bonds is 13. The van der Waals surface area contributed by atoms with Gasteiger partial charge in [-0.3, -0.25) is 13.9 Å². The molecule has 0 unspecified atom stereocenters. The van der Waals surface area contributed by atoms with E-state index in [9.17, 15) is 22.4 Å². The van der Waals surface area contributed by atoms with Crippen LogP contribution in [0.1, 0.15) is 39.7 Å². The number of carbonyl (C=O) groups is 2. The molecule has 0 aliphatic carbocycles. The lowest BCUT2D eigenvalue weighted by atomic mass is 10.1. The first kappa shape index (κ1) is 31.9. The monoisotopic (exact) mass is 603 g/mol. The Morgan fingerprint density at radius 2 is 1.61 bits per heavy atom. The molecule has 0 aromatic heterocycles. The number of halogens is 2. The number of hydrogen-bond donors (Lipinski definition) is 1. The van der Waals surface area contributed by atoms with Gasteiger partial charge >= 0.3 is 0 Å². The van der Waals surface area contributed by atoms with Crippen LogP contribution in [0.5, 0.6) is 5.75 Å². The molecule has 2 amide bonds. The summed E-state index contributed by atoms with van der Waals surface area (Å²) in [5, 5.41) is 3.20. The summed E-state index contributed by atoms with van der Waals surface area (Å²) >= 11 is 5.98. The van der Waals surface area contributed by atoms with E-state index in [2.05, 4.69) is 5.32 Å². The molecule has 2 atom stereocenters. The Morgan fingerprint density at radius 3 is 2.20 bits per heavy atom. The predicted octanol–water partition coefficient (Wildman–Crippen LogP) is 5.41.